The fourth-order valence-electron chi connectivity index (χ4n) is 1.46. The van der Waals surface area contributed by atoms with Crippen molar-refractivity contribution in [2.24, 2.45) is 5.73 Å². The first-order valence-electron chi connectivity index (χ1n) is 4.73. The Labute approximate surface area is 78.8 Å². The van der Waals surface area contributed by atoms with Crippen molar-refractivity contribution in [1.29, 1.82) is 0 Å². The van der Waals surface area contributed by atoms with Crippen LogP contribution in [0.1, 0.15) is 37.4 Å². The molecule has 1 nitrogen and oxygen atoms in total. The Morgan fingerprint density at radius 1 is 1.38 bits per heavy atom. The van der Waals surface area contributed by atoms with Gasteiger partial charge in [0.05, 0.1) is 0 Å². The van der Waals surface area contributed by atoms with Crippen molar-refractivity contribution in [2.45, 2.75) is 32.7 Å². The lowest BCUT2D eigenvalue weighted by molar-refractivity contribution is 0.619. The number of rotatable bonds is 3. The van der Waals surface area contributed by atoms with Gasteiger partial charge in [0.25, 0.3) is 0 Å². The Hall–Kier alpha value is -0.890. The van der Waals surface area contributed by atoms with Crippen molar-refractivity contribution in [3.8, 4) is 0 Å². The summed E-state index contributed by atoms with van der Waals surface area (Å²) in [5.74, 6) is -0.177. The van der Waals surface area contributed by atoms with Crippen LogP contribution in [0.2, 0.25) is 0 Å². The van der Waals surface area contributed by atoms with Gasteiger partial charge < -0.3 is 5.73 Å². The van der Waals surface area contributed by atoms with Crippen LogP contribution in [-0.2, 0) is 6.42 Å². The molecule has 0 bridgehead atoms. The van der Waals surface area contributed by atoms with Gasteiger partial charge in [0.2, 0.25) is 0 Å². The first kappa shape index (κ1) is 10.2. The van der Waals surface area contributed by atoms with Crippen LogP contribution >= 0.6 is 0 Å². The molecule has 2 N–H and O–H groups in total. The zero-order valence-corrected chi connectivity index (χ0v) is 8.18. The van der Waals surface area contributed by atoms with Gasteiger partial charge in [-0.3, -0.25) is 0 Å². The molecule has 1 rings (SSSR count). The molecule has 1 aromatic carbocycles. The van der Waals surface area contributed by atoms with Gasteiger partial charge in [-0.1, -0.05) is 19.9 Å². The van der Waals surface area contributed by atoms with Gasteiger partial charge in [-0.05, 0) is 36.1 Å². The van der Waals surface area contributed by atoms with Crippen LogP contribution in [0.3, 0.4) is 0 Å². The molecule has 0 radical (unpaired) electrons. The van der Waals surface area contributed by atoms with E-state index in [9.17, 15) is 4.39 Å². The maximum absolute atomic E-state index is 12.9. The van der Waals surface area contributed by atoms with Crippen LogP contribution < -0.4 is 5.73 Å². The average Bonchev–Trinajstić information content (AvgIpc) is 2.16. The molecule has 0 heterocycles. The Morgan fingerprint density at radius 3 is 2.62 bits per heavy atom. The smallest absolute Gasteiger partial charge is 0.123 e. The molecular weight excluding hydrogens is 165 g/mol. The monoisotopic (exact) mass is 181 g/mol. The fraction of sp³-hybridized carbons (Fsp3) is 0.455. The number of hydrogen-bond donors (Lipinski definition) is 1. The maximum Gasteiger partial charge on any atom is 0.123 e. The van der Waals surface area contributed by atoms with Crippen LogP contribution in [0.15, 0.2) is 18.2 Å². The molecule has 72 valence electrons. The first-order chi connectivity index (χ1) is 6.19. The zero-order chi connectivity index (χ0) is 9.84. The van der Waals surface area contributed by atoms with Crippen molar-refractivity contribution in [3.63, 3.8) is 0 Å². The third-order valence-corrected chi connectivity index (χ3v) is 2.33. The first-order valence-corrected chi connectivity index (χ1v) is 4.73. The molecule has 0 aliphatic carbocycles. The minimum atomic E-state index is -0.177. The van der Waals surface area contributed by atoms with Gasteiger partial charge in [-0.15, -0.1) is 0 Å². The second-order valence-corrected chi connectivity index (χ2v) is 3.21. The number of aryl methyl sites for hydroxylation is 1. The normalized spacial score (nSPS) is 12.9. The van der Waals surface area contributed by atoms with Crippen LogP contribution in [0.5, 0.6) is 0 Å². The van der Waals surface area contributed by atoms with E-state index in [1.54, 1.807) is 12.1 Å². The number of benzene rings is 1. The summed E-state index contributed by atoms with van der Waals surface area (Å²) < 4.78 is 12.9. The largest absolute Gasteiger partial charge is 0.324 e. The maximum atomic E-state index is 12.9. The fourth-order valence-corrected chi connectivity index (χ4v) is 1.46. The van der Waals surface area contributed by atoms with E-state index < -0.39 is 0 Å². The standard InChI is InChI=1S/C11H16FN/c1-3-8-7-9(12)5-6-10(8)11(13)4-2/h5-7,11H,3-4,13H2,1-2H3. The lowest BCUT2D eigenvalue weighted by Gasteiger charge is -2.13. The molecule has 1 aromatic rings. The Balaban J connectivity index is 3.05. The quantitative estimate of drug-likeness (QED) is 0.762. The van der Waals surface area contributed by atoms with E-state index in [0.717, 1.165) is 24.0 Å². The second kappa shape index (κ2) is 4.38. The molecule has 1 atom stereocenters. The summed E-state index contributed by atoms with van der Waals surface area (Å²) in [5, 5.41) is 0. The number of nitrogens with two attached hydrogens (primary N) is 1. The van der Waals surface area contributed by atoms with Crippen molar-refractivity contribution in [3.05, 3.63) is 35.1 Å². The number of halogens is 1. The van der Waals surface area contributed by atoms with Crippen LogP contribution in [-0.4, -0.2) is 0 Å². The molecule has 0 amide bonds. The molecule has 0 saturated carbocycles. The van der Waals surface area contributed by atoms with E-state index in [0.29, 0.717) is 0 Å². The van der Waals surface area contributed by atoms with E-state index in [-0.39, 0.29) is 11.9 Å². The molecule has 13 heavy (non-hydrogen) atoms. The molecule has 1 unspecified atom stereocenters. The van der Waals surface area contributed by atoms with Gasteiger partial charge in [0, 0.05) is 6.04 Å². The van der Waals surface area contributed by atoms with Gasteiger partial charge in [-0.25, -0.2) is 4.39 Å². The van der Waals surface area contributed by atoms with E-state index in [1.807, 2.05) is 13.8 Å². The Bertz CT molecular complexity index is 283. The van der Waals surface area contributed by atoms with Gasteiger partial charge >= 0.3 is 0 Å². The molecule has 2 heteroatoms. The summed E-state index contributed by atoms with van der Waals surface area (Å²) in [4.78, 5) is 0. The van der Waals surface area contributed by atoms with Crippen molar-refractivity contribution >= 4 is 0 Å². The Morgan fingerprint density at radius 2 is 2.08 bits per heavy atom. The van der Waals surface area contributed by atoms with Gasteiger partial charge in [0.15, 0.2) is 0 Å². The van der Waals surface area contributed by atoms with E-state index >= 15 is 0 Å². The van der Waals surface area contributed by atoms with Gasteiger partial charge in [0.1, 0.15) is 5.82 Å². The van der Waals surface area contributed by atoms with Gasteiger partial charge in [-0.2, -0.15) is 0 Å². The lowest BCUT2D eigenvalue weighted by atomic mass is 9.97. The van der Waals surface area contributed by atoms with Crippen molar-refractivity contribution in [2.75, 3.05) is 0 Å². The number of hydrogen-bond acceptors (Lipinski definition) is 1. The summed E-state index contributed by atoms with van der Waals surface area (Å²) >= 11 is 0. The average molecular weight is 181 g/mol. The van der Waals surface area contributed by atoms with Crippen molar-refractivity contribution < 1.29 is 4.39 Å². The summed E-state index contributed by atoms with van der Waals surface area (Å²) in [7, 11) is 0. The molecule has 0 aliphatic rings. The predicted octanol–water partition coefficient (Wildman–Crippen LogP) is 2.80. The lowest BCUT2D eigenvalue weighted by Crippen LogP contribution is -2.11. The Kier molecular flexibility index (Phi) is 3.43. The molecule has 0 saturated heterocycles. The molecule has 0 spiro atoms. The summed E-state index contributed by atoms with van der Waals surface area (Å²) in [5.41, 5.74) is 8.00. The summed E-state index contributed by atoms with van der Waals surface area (Å²) in [6.45, 7) is 4.05. The highest BCUT2D eigenvalue weighted by Gasteiger charge is 2.08. The third-order valence-electron chi connectivity index (χ3n) is 2.33. The minimum Gasteiger partial charge on any atom is -0.324 e. The van der Waals surface area contributed by atoms with Crippen LogP contribution in [0.4, 0.5) is 4.39 Å². The molecule has 0 fully saturated rings. The summed E-state index contributed by atoms with van der Waals surface area (Å²) in [6, 6.07) is 4.88. The molecular formula is C11H16FN. The highest BCUT2D eigenvalue weighted by molar-refractivity contribution is 5.30. The summed E-state index contributed by atoms with van der Waals surface area (Å²) in [6.07, 6.45) is 1.72. The molecule has 0 aliphatic heterocycles. The second-order valence-electron chi connectivity index (χ2n) is 3.21. The highest BCUT2D eigenvalue weighted by atomic mass is 19.1. The van der Waals surface area contributed by atoms with Crippen LogP contribution in [0, 0.1) is 5.82 Å². The van der Waals surface area contributed by atoms with E-state index in [4.69, 9.17) is 5.73 Å². The minimum absolute atomic E-state index is 0.0375. The zero-order valence-electron chi connectivity index (χ0n) is 8.18. The van der Waals surface area contributed by atoms with E-state index in [2.05, 4.69) is 0 Å². The highest BCUT2D eigenvalue weighted by Crippen LogP contribution is 2.20. The third kappa shape index (κ3) is 2.28. The van der Waals surface area contributed by atoms with Crippen molar-refractivity contribution in [1.82, 2.24) is 0 Å². The molecule has 0 aromatic heterocycles. The predicted molar refractivity (Wildman–Crippen MR) is 53.0 cm³/mol. The topological polar surface area (TPSA) is 26.0 Å². The SMILES string of the molecule is CCc1cc(F)ccc1C(N)CC. The van der Waals surface area contributed by atoms with E-state index in [1.165, 1.54) is 6.07 Å². The van der Waals surface area contributed by atoms with Crippen LogP contribution in [0.25, 0.3) is 0 Å².